The molecule has 25 heavy (non-hydrogen) atoms. The Morgan fingerprint density at radius 3 is 2.24 bits per heavy atom. The first-order valence-corrected chi connectivity index (χ1v) is 6.94. The summed E-state index contributed by atoms with van der Waals surface area (Å²) in [6.07, 6.45) is -0.461. The summed E-state index contributed by atoms with van der Waals surface area (Å²) in [5, 5.41) is 21.6. The van der Waals surface area contributed by atoms with Crippen LogP contribution in [0.3, 0.4) is 0 Å². The monoisotopic (exact) mass is 344 g/mol. The molecule has 10 nitrogen and oxygen atoms in total. The molecular weight excluding hydrogens is 332 g/mol. The molecule has 0 bridgehead atoms. The first kappa shape index (κ1) is 17.5. The minimum absolute atomic E-state index is 0.142. The molecule has 1 amide bonds. The number of amides is 1. The van der Waals surface area contributed by atoms with E-state index >= 15 is 0 Å². The van der Waals surface area contributed by atoms with Gasteiger partial charge in [-0.3, -0.25) is 40.7 Å². The lowest BCUT2D eigenvalue weighted by Crippen LogP contribution is -2.31. The highest BCUT2D eigenvalue weighted by Gasteiger charge is 2.20. The SMILES string of the molecule is O=C(CC(=O)c1ccccc1)NNc1ccc([N+](=O)[O-])cc1[N+](=O)[O-]. The molecule has 0 saturated carbocycles. The zero-order chi connectivity index (χ0) is 18.4. The van der Waals surface area contributed by atoms with Gasteiger partial charge < -0.3 is 0 Å². The number of ketones is 1. The van der Waals surface area contributed by atoms with Crippen LogP contribution in [0.1, 0.15) is 16.8 Å². The molecule has 0 fully saturated rings. The lowest BCUT2D eigenvalue weighted by Gasteiger charge is -2.08. The average molecular weight is 344 g/mol. The third-order valence-corrected chi connectivity index (χ3v) is 3.14. The van der Waals surface area contributed by atoms with Crippen molar-refractivity contribution in [3.63, 3.8) is 0 Å². The zero-order valence-corrected chi connectivity index (χ0v) is 12.7. The van der Waals surface area contributed by atoms with Gasteiger partial charge in [-0.15, -0.1) is 0 Å². The summed E-state index contributed by atoms with van der Waals surface area (Å²) >= 11 is 0. The van der Waals surface area contributed by atoms with Gasteiger partial charge in [-0.2, -0.15) is 0 Å². The van der Waals surface area contributed by atoms with Gasteiger partial charge in [0.1, 0.15) is 5.69 Å². The molecule has 0 heterocycles. The van der Waals surface area contributed by atoms with Crippen LogP contribution in [0.15, 0.2) is 48.5 Å². The van der Waals surface area contributed by atoms with E-state index in [1.54, 1.807) is 30.3 Å². The second kappa shape index (κ2) is 7.64. The van der Waals surface area contributed by atoms with Crippen LogP contribution in [0, 0.1) is 20.2 Å². The number of carbonyl (C=O) groups excluding carboxylic acids is 2. The van der Waals surface area contributed by atoms with Crippen molar-refractivity contribution in [1.29, 1.82) is 0 Å². The third-order valence-electron chi connectivity index (χ3n) is 3.14. The highest BCUT2D eigenvalue weighted by atomic mass is 16.6. The Bertz CT molecular complexity index is 837. The highest BCUT2D eigenvalue weighted by Crippen LogP contribution is 2.28. The van der Waals surface area contributed by atoms with Crippen LogP contribution in [-0.4, -0.2) is 21.5 Å². The van der Waals surface area contributed by atoms with Crippen molar-refractivity contribution in [1.82, 2.24) is 5.43 Å². The van der Waals surface area contributed by atoms with Crippen molar-refractivity contribution < 1.29 is 19.4 Å². The molecule has 2 aromatic carbocycles. The molecule has 0 unspecified atom stereocenters. The van der Waals surface area contributed by atoms with Crippen molar-refractivity contribution >= 4 is 28.8 Å². The molecule has 0 aromatic heterocycles. The van der Waals surface area contributed by atoms with Crippen molar-refractivity contribution in [2.45, 2.75) is 6.42 Å². The highest BCUT2D eigenvalue weighted by molar-refractivity contribution is 6.07. The van der Waals surface area contributed by atoms with E-state index < -0.39 is 39.3 Å². The third kappa shape index (κ3) is 4.58. The molecule has 0 atom stereocenters. The number of rotatable bonds is 7. The minimum Gasteiger partial charge on any atom is -0.294 e. The molecule has 2 rings (SSSR count). The summed E-state index contributed by atoms with van der Waals surface area (Å²) < 4.78 is 0. The van der Waals surface area contributed by atoms with Crippen LogP contribution in [0.2, 0.25) is 0 Å². The van der Waals surface area contributed by atoms with Crippen molar-refractivity contribution in [3.05, 3.63) is 74.3 Å². The van der Waals surface area contributed by atoms with Gasteiger partial charge in [0.25, 0.3) is 5.69 Å². The molecule has 0 aliphatic rings. The minimum atomic E-state index is -0.823. The number of carbonyl (C=O) groups is 2. The van der Waals surface area contributed by atoms with Gasteiger partial charge in [-0.25, -0.2) is 0 Å². The smallest absolute Gasteiger partial charge is 0.294 e. The largest absolute Gasteiger partial charge is 0.300 e. The molecule has 0 aliphatic carbocycles. The van der Waals surface area contributed by atoms with Crippen LogP contribution in [0.25, 0.3) is 0 Å². The number of nitro groups is 2. The molecular formula is C15H12N4O6. The van der Waals surface area contributed by atoms with Crippen molar-refractivity contribution in [2.75, 3.05) is 5.43 Å². The van der Waals surface area contributed by atoms with Crippen molar-refractivity contribution in [2.24, 2.45) is 0 Å². The Morgan fingerprint density at radius 1 is 0.960 bits per heavy atom. The zero-order valence-electron chi connectivity index (χ0n) is 12.7. The first-order valence-electron chi connectivity index (χ1n) is 6.94. The second-order valence-corrected chi connectivity index (χ2v) is 4.85. The summed E-state index contributed by atoms with van der Waals surface area (Å²) in [4.78, 5) is 43.7. The molecule has 128 valence electrons. The van der Waals surface area contributed by atoms with Gasteiger partial charge in [0.15, 0.2) is 5.78 Å². The van der Waals surface area contributed by atoms with E-state index in [2.05, 4.69) is 10.9 Å². The van der Waals surface area contributed by atoms with E-state index in [9.17, 15) is 29.8 Å². The Balaban J connectivity index is 2.03. The number of hydrazine groups is 1. The maximum atomic E-state index is 11.9. The van der Waals surface area contributed by atoms with E-state index in [0.717, 1.165) is 18.2 Å². The van der Waals surface area contributed by atoms with Crippen LogP contribution < -0.4 is 10.9 Å². The molecule has 2 aromatic rings. The Kier molecular flexibility index (Phi) is 5.36. The number of nitro benzene ring substituents is 2. The maximum absolute atomic E-state index is 11.9. The van der Waals surface area contributed by atoms with Gasteiger partial charge in [0.2, 0.25) is 5.91 Å². The Labute approximate surface area is 140 Å². The molecule has 0 radical (unpaired) electrons. The summed E-state index contributed by atoms with van der Waals surface area (Å²) in [6.45, 7) is 0. The fraction of sp³-hybridized carbons (Fsp3) is 0.0667. The van der Waals surface area contributed by atoms with E-state index in [-0.39, 0.29) is 5.69 Å². The van der Waals surface area contributed by atoms with E-state index in [1.807, 2.05) is 0 Å². The van der Waals surface area contributed by atoms with E-state index in [4.69, 9.17) is 0 Å². The van der Waals surface area contributed by atoms with E-state index in [0.29, 0.717) is 5.56 Å². The lowest BCUT2D eigenvalue weighted by molar-refractivity contribution is -0.393. The summed E-state index contributed by atoms with van der Waals surface area (Å²) in [6, 6.07) is 11.1. The number of nitrogens with one attached hydrogen (secondary N) is 2. The molecule has 0 spiro atoms. The van der Waals surface area contributed by atoms with Crippen LogP contribution in [0.4, 0.5) is 17.1 Å². The predicted molar refractivity (Wildman–Crippen MR) is 86.9 cm³/mol. The second-order valence-electron chi connectivity index (χ2n) is 4.85. The van der Waals surface area contributed by atoms with Crippen LogP contribution in [0.5, 0.6) is 0 Å². The number of hydrogen-bond donors (Lipinski definition) is 2. The van der Waals surface area contributed by atoms with E-state index in [1.165, 1.54) is 0 Å². The topological polar surface area (TPSA) is 144 Å². The van der Waals surface area contributed by atoms with Gasteiger partial charge >= 0.3 is 5.69 Å². The first-order chi connectivity index (χ1) is 11.9. The van der Waals surface area contributed by atoms with Crippen LogP contribution >= 0.6 is 0 Å². The summed E-state index contributed by atoms with van der Waals surface area (Å²) in [5.41, 5.74) is 3.64. The van der Waals surface area contributed by atoms with Crippen molar-refractivity contribution in [3.8, 4) is 0 Å². The number of benzene rings is 2. The van der Waals surface area contributed by atoms with Gasteiger partial charge in [-0.1, -0.05) is 30.3 Å². The molecule has 10 heteroatoms. The average Bonchev–Trinajstić information content (AvgIpc) is 2.60. The number of Topliss-reactive ketones (excluding diaryl/α,β-unsaturated/α-hetero) is 1. The van der Waals surface area contributed by atoms with Gasteiger partial charge in [0, 0.05) is 11.6 Å². The molecule has 0 aliphatic heterocycles. The lowest BCUT2D eigenvalue weighted by atomic mass is 10.1. The van der Waals surface area contributed by atoms with Gasteiger partial charge in [0.05, 0.1) is 22.3 Å². The number of nitrogens with zero attached hydrogens (tertiary/aromatic N) is 2. The summed E-state index contributed by atoms with van der Waals surface area (Å²) in [7, 11) is 0. The van der Waals surface area contributed by atoms with Gasteiger partial charge in [-0.05, 0) is 6.07 Å². The fourth-order valence-electron chi connectivity index (χ4n) is 1.94. The maximum Gasteiger partial charge on any atom is 0.300 e. The molecule has 2 N–H and O–H groups in total. The number of anilines is 1. The predicted octanol–water partition coefficient (Wildman–Crippen LogP) is 2.22. The summed E-state index contributed by atoms with van der Waals surface area (Å²) in [5.74, 6) is -1.13. The quantitative estimate of drug-likeness (QED) is 0.339. The Morgan fingerprint density at radius 2 is 1.64 bits per heavy atom. The number of non-ortho nitro benzene ring substituents is 1. The standard InChI is InChI=1S/C15H12N4O6/c20-14(10-4-2-1-3-5-10)9-15(21)17-16-12-7-6-11(18(22)23)8-13(12)19(24)25/h1-8,16H,9H2,(H,17,21). The normalized spacial score (nSPS) is 9.92. The fourth-order valence-corrected chi connectivity index (χ4v) is 1.94. The molecule has 0 saturated heterocycles. The Hall–Kier alpha value is -3.82. The van der Waals surface area contributed by atoms with Crippen LogP contribution in [-0.2, 0) is 4.79 Å². The number of hydrogen-bond acceptors (Lipinski definition) is 7.